The van der Waals surface area contributed by atoms with Crippen molar-refractivity contribution in [1.82, 2.24) is 9.55 Å². The van der Waals surface area contributed by atoms with Gasteiger partial charge in [0, 0.05) is 6.20 Å². The number of anilines is 1. The summed E-state index contributed by atoms with van der Waals surface area (Å²) in [5, 5.41) is 0. The second-order valence-corrected chi connectivity index (χ2v) is 2.31. The molecule has 0 saturated heterocycles. The Morgan fingerprint density at radius 2 is 2.45 bits per heavy atom. The molecular formula is C6H10N4O. The van der Waals surface area contributed by atoms with Crippen molar-refractivity contribution < 1.29 is 4.79 Å². The van der Waals surface area contributed by atoms with Crippen LogP contribution in [0.1, 0.15) is 5.82 Å². The van der Waals surface area contributed by atoms with Gasteiger partial charge < -0.3 is 16.0 Å². The van der Waals surface area contributed by atoms with Gasteiger partial charge in [-0.1, -0.05) is 0 Å². The first-order valence-corrected chi connectivity index (χ1v) is 3.17. The van der Waals surface area contributed by atoms with Crippen molar-refractivity contribution >= 4 is 11.7 Å². The molecule has 0 unspecified atom stereocenters. The molecule has 0 aliphatic rings. The van der Waals surface area contributed by atoms with Crippen molar-refractivity contribution in [3.05, 3.63) is 12.0 Å². The fourth-order valence-electron chi connectivity index (χ4n) is 0.861. The molecule has 1 rings (SSSR count). The number of nitrogens with two attached hydrogens (primary N) is 2. The second kappa shape index (κ2) is 2.61. The molecule has 4 N–H and O–H groups in total. The van der Waals surface area contributed by atoms with E-state index < -0.39 is 5.91 Å². The van der Waals surface area contributed by atoms with Gasteiger partial charge >= 0.3 is 0 Å². The zero-order chi connectivity index (χ0) is 8.43. The van der Waals surface area contributed by atoms with Crippen molar-refractivity contribution in [3.63, 3.8) is 0 Å². The van der Waals surface area contributed by atoms with Gasteiger partial charge in [0.25, 0.3) is 0 Å². The fraction of sp³-hybridized carbons (Fsp3) is 0.333. The zero-order valence-electron chi connectivity index (χ0n) is 6.24. The Morgan fingerprint density at radius 3 is 2.82 bits per heavy atom. The molecule has 0 fully saturated rings. The highest BCUT2D eigenvalue weighted by molar-refractivity contribution is 5.73. The summed E-state index contributed by atoms with van der Waals surface area (Å²) in [7, 11) is 0. The van der Waals surface area contributed by atoms with E-state index >= 15 is 0 Å². The number of rotatable bonds is 2. The smallest absolute Gasteiger partial charge is 0.237 e. The third kappa shape index (κ3) is 1.70. The molecule has 60 valence electrons. The van der Waals surface area contributed by atoms with Crippen LogP contribution >= 0.6 is 0 Å². The molecule has 0 saturated carbocycles. The predicted octanol–water partition coefficient (Wildman–Crippen LogP) is -0.741. The van der Waals surface area contributed by atoms with Crippen LogP contribution in [0.15, 0.2) is 6.20 Å². The molecule has 0 aliphatic carbocycles. The van der Waals surface area contributed by atoms with Crippen LogP contribution in [0.2, 0.25) is 0 Å². The van der Waals surface area contributed by atoms with Gasteiger partial charge in [0.15, 0.2) is 0 Å². The number of hydrogen-bond acceptors (Lipinski definition) is 3. The lowest BCUT2D eigenvalue weighted by Gasteiger charge is -1.98. The molecule has 1 heterocycles. The summed E-state index contributed by atoms with van der Waals surface area (Å²) in [4.78, 5) is 14.4. The number of nitrogen functional groups attached to an aromatic ring is 1. The summed E-state index contributed by atoms with van der Waals surface area (Å²) in [6.45, 7) is 1.90. The van der Waals surface area contributed by atoms with Gasteiger partial charge in [-0.3, -0.25) is 4.79 Å². The van der Waals surface area contributed by atoms with E-state index in [1.54, 1.807) is 17.7 Å². The lowest BCUT2D eigenvalue weighted by atomic mass is 10.5. The molecule has 1 aromatic rings. The third-order valence-corrected chi connectivity index (χ3v) is 1.32. The van der Waals surface area contributed by atoms with E-state index in [1.807, 2.05) is 0 Å². The highest BCUT2D eigenvalue weighted by Gasteiger charge is 2.02. The minimum absolute atomic E-state index is 0.135. The Balaban J connectivity index is 2.85. The molecular weight excluding hydrogens is 144 g/mol. The average molecular weight is 154 g/mol. The number of aryl methyl sites for hydroxylation is 1. The molecule has 1 aromatic heterocycles. The van der Waals surface area contributed by atoms with Gasteiger partial charge in [-0.05, 0) is 6.92 Å². The van der Waals surface area contributed by atoms with Crippen molar-refractivity contribution in [1.29, 1.82) is 0 Å². The van der Waals surface area contributed by atoms with E-state index in [1.165, 1.54) is 0 Å². The van der Waals surface area contributed by atoms with Crippen molar-refractivity contribution in [3.8, 4) is 0 Å². The van der Waals surface area contributed by atoms with E-state index in [-0.39, 0.29) is 6.54 Å². The summed E-state index contributed by atoms with van der Waals surface area (Å²) >= 11 is 0. The molecule has 5 nitrogen and oxygen atoms in total. The first-order chi connectivity index (χ1) is 5.09. The van der Waals surface area contributed by atoms with E-state index in [0.717, 1.165) is 0 Å². The highest BCUT2D eigenvalue weighted by Crippen LogP contribution is 2.01. The summed E-state index contributed by atoms with van der Waals surface area (Å²) in [6, 6.07) is 0. The number of carbonyl (C=O) groups is 1. The maximum atomic E-state index is 10.5. The van der Waals surface area contributed by atoms with Crippen LogP contribution in [0.3, 0.4) is 0 Å². The Morgan fingerprint density at radius 1 is 1.82 bits per heavy atom. The molecule has 0 radical (unpaired) electrons. The van der Waals surface area contributed by atoms with Crippen LogP contribution in [0, 0.1) is 6.92 Å². The molecule has 0 bridgehead atoms. The standard InChI is InChI=1S/C6H10N4O/c1-4-9-5(7)2-10(4)3-6(8)11/h2H,3,7H2,1H3,(H2,8,11). The lowest BCUT2D eigenvalue weighted by Crippen LogP contribution is -2.18. The minimum Gasteiger partial charge on any atom is -0.382 e. The Hall–Kier alpha value is -1.52. The Labute approximate surface area is 64.0 Å². The summed E-state index contributed by atoms with van der Waals surface area (Å²) < 4.78 is 1.61. The molecule has 0 spiro atoms. The Bertz CT molecular complexity index is 278. The van der Waals surface area contributed by atoms with Gasteiger partial charge in [-0.15, -0.1) is 0 Å². The van der Waals surface area contributed by atoms with E-state index in [2.05, 4.69) is 4.98 Å². The number of amides is 1. The average Bonchev–Trinajstić information content (AvgIpc) is 2.09. The quantitative estimate of drug-likeness (QED) is 0.588. The van der Waals surface area contributed by atoms with Crippen LogP contribution in [-0.2, 0) is 11.3 Å². The Kier molecular flexibility index (Phi) is 1.80. The van der Waals surface area contributed by atoms with Gasteiger partial charge in [0.05, 0.1) is 0 Å². The van der Waals surface area contributed by atoms with Gasteiger partial charge in [-0.25, -0.2) is 4.98 Å². The molecule has 0 aromatic carbocycles. The van der Waals surface area contributed by atoms with Crippen molar-refractivity contribution in [2.75, 3.05) is 5.73 Å². The largest absolute Gasteiger partial charge is 0.382 e. The second-order valence-electron chi connectivity index (χ2n) is 2.31. The van der Waals surface area contributed by atoms with Crippen molar-refractivity contribution in [2.45, 2.75) is 13.5 Å². The number of carbonyl (C=O) groups excluding carboxylic acids is 1. The predicted molar refractivity (Wildman–Crippen MR) is 40.6 cm³/mol. The summed E-state index contributed by atoms with van der Waals surface area (Å²) in [5.74, 6) is 0.704. The van der Waals surface area contributed by atoms with Crippen LogP contribution < -0.4 is 11.5 Å². The third-order valence-electron chi connectivity index (χ3n) is 1.32. The number of hydrogen-bond donors (Lipinski definition) is 2. The normalized spacial score (nSPS) is 9.91. The van der Waals surface area contributed by atoms with Crippen LogP contribution in [0.5, 0.6) is 0 Å². The zero-order valence-corrected chi connectivity index (χ0v) is 6.24. The van der Waals surface area contributed by atoms with Crippen LogP contribution in [0.25, 0.3) is 0 Å². The molecule has 0 atom stereocenters. The van der Waals surface area contributed by atoms with Gasteiger partial charge in [0.1, 0.15) is 18.2 Å². The molecule has 11 heavy (non-hydrogen) atoms. The number of aromatic nitrogens is 2. The first kappa shape index (κ1) is 7.59. The van der Waals surface area contributed by atoms with Crippen LogP contribution in [-0.4, -0.2) is 15.5 Å². The van der Waals surface area contributed by atoms with Gasteiger partial charge in [-0.2, -0.15) is 0 Å². The fourth-order valence-corrected chi connectivity index (χ4v) is 0.861. The first-order valence-electron chi connectivity index (χ1n) is 3.17. The SMILES string of the molecule is Cc1nc(N)cn1CC(N)=O. The number of nitrogens with zero attached hydrogens (tertiary/aromatic N) is 2. The molecule has 0 aliphatic heterocycles. The van der Waals surface area contributed by atoms with E-state index in [9.17, 15) is 4.79 Å². The summed E-state index contributed by atoms with van der Waals surface area (Å²) in [6.07, 6.45) is 1.58. The van der Waals surface area contributed by atoms with Crippen molar-refractivity contribution in [2.24, 2.45) is 5.73 Å². The monoisotopic (exact) mass is 154 g/mol. The number of imidazole rings is 1. The maximum absolute atomic E-state index is 10.5. The van der Waals surface area contributed by atoms with Crippen LogP contribution in [0.4, 0.5) is 5.82 Å². The molecule has 5 heteroatoms. The van der Waals surface area contributed by atoms with Gasteiger partial charge in [0.2, 0.25) is 5.91 Å². The summed E-state index contributed by atoms with van der Waals surface area (Å²) in [5.41, 5.74) is 10.3. The topological polar surface area (TPSA) is 86.9 Å². The number of primary amides is 1. The highest BCUT2D eigenvalue weighted by atomic mass is 16.1. The lowest BCUT2D eigenvalue weighted by molar-refractivity contribution is -0.118. The maximum Gasteiger partial charge on any atom is 0.237 e. The van der Waals surface area contributed by atoms with E-state index in [0.29, 0.717) is 11.6 Å². The minimum atomic E-state index is -0.398. The van der Waals surface area contributed by atoms with E-state index in [4.69, 9.17) is 11.5 Å². The molecule has 1 amide bonds.